The average molecular weight is 395 g/mol. The van der Waals surface area contributed by atoms with Crippen molar-refractivity contribution in [1.82, 2.24) is 0 Å². The van der Waals surface area contributed by atoms with E-state index in [1.54, 1.807) is 0 Å². The van der Waals surface area contributed by atoms with Gasteiger partial charge >= 0.3 is 0 Å². The van der Waals surface area contributed by atoms with Gasteiger partial charge in [-0.05, 0) is 98.9 Å². The second-order valence-electron chi connectivity index (χ2n) is 11.5. The molecule has 0 heterocycles. The van der Waals surface area contributed by atoms with E-state index in [0.29, 0.717) is 23.0 Å². The molecule has 0 amide bonds. The molecule has 4 aliphatic rings. The smallest absolute Gasteiger partial charge is 0.139 e. The van der Waals surface area contributed by atoms with E-state index in [0.717, 1.165) is 56.8 Å². The summed E-state index contributed by atoms with van der Waals surface area (Å²) in [6, 6.07) is 10.6. The van der Waals surface area contributed by atoms with E-state index in [4.69, 9.17) is 0 Å². The van der Waals surface area contributed by atoms with Gasteiger partial charge in [0.15, 0.2) is 0 Å². The Labute approximate surface area is 176 Å². The van der Waals surface area contributed by atoms with Gasteiger partial charge in [0.1, 0.15) is 5.78 Å². The van der Waals surface area contributed by atoms with Crippen LogP contribution >= 0.6 is 0 Å². The Morgan fingerprint density at radius 2 is 1.76 bits per heavy atom. The largest absolute Gasteiger partial charge is 0.390 e. The summed E-state index contributed by atoms with van der Waals surface area (Å²) in [6.07, 6.45) is 11.8. The van der Waals surface area contributed by atoms with Crippen LogP contribution in [0.2, 0.25) is 0 Å². The van der Waals surface area contributed by atoms with Crippen LogP contribution in [0, 0.1) is 34.5 Å². The number of aliphatic hydroxyl groups is 1. The summed E-state index contributed by atoms with van der Waals surface area (Å²) in [4.78, 5) is 12.6. The number of Topliss-reactive ketones (excluding diaryl/α,β-unsaturated/α-hetero) is 1. The van der Waals surface area contributed by atoms with E-state index in [1.807, 2.05) is 0 Å². The van der Waals surface area contributed by atoms with Gasteiger partial charge in [-0.1, -0.05) is 44.2 Å². The molecule has 5 rings (SSSR count). The van der Waals surface area contributed by atoms with Gasteiger partial charge in [0, 0.05) is 11.8 Å². The highest BCUT2D eigenvalue weighted by molar-refractivity contribution is 5.87. The average Bonchev–Trinajstić information content (AvgIpc) is 3.03. The maximum Gasteiger partial charge on any atom is 0.139 e. The van der Waals surface area contributed by atoms with E-state index in [-0.39, 0.29) is 5.41 Å². The van der Waals surface area contributed by atoms with Crippen LogP contribution in [0.4, 0.5) is 0 Å². The monoisotopic (exact) mass is 394 g/mol. The SMILES string of the molecule is C[C@]12CC[C@](O)(CCc3ccccc3)C[C@H]1CC[C@@H]1[C@@H]2CC[C@]2(C)C(=O)CC[C@@H]12. The van der Waals surface area contributed by atoms with E-state index in [2.05, 4.69) is 44.2 Å². The standard InChI is InChI=1S/C27H38O2/c1-25-16-17-27(29,15-12-19-6-4-3-5-7-19)18-20(25)8-9-21-22-10-11-24(28)26(22,2)14-13-23(21)25/h3-7,20-23,29H,8-18H2,1-2H3/t20-,21+,22+,23+,25+,26+,27-/m1/s1. The summed E-state index contributed by atoms with van der Waals surface area (Å²) in [6.45, 7) is 4.82. The zero-order chi connectivity index (χ0) is 20.3. The molecule has 1 N–H and O–H groups in total. The van der Waals surface area contributed by atoms with Gasteiger partial charge < -0.3 is 5.11 Å². The minimum Gasteiger partial charge on any atom is -0.390 e. The van der Waals surface area contributed by atoms with Gasteiger partial charge in [-0.15, -0.1) is 0 Å². The highest BCUT2D eigenvalue weighted by Crippen LogP contribution is 2.66. The van der Waals surface area contributed by atoms with Gasteiger partial charge in [0.05, 0.1) is 5.60 Å². The molecule has 4 fully saturated rings. The number of carbonyl (C=O) groups excluding carboxylic acids is 1. The van der Waals surface area contributed by atoms with Crippen LogP contribution in [-0.4, -0.2) is 16.5 Å². The lowest BCUT2D eigenvalue weighted by atomic mass is 9.44. The van der Waals surface area contributed by atoms with Crippen molar-refractivity contribution in [3.05, 3.63) is 35.9 Å². The maximum atomic E-state index is 12.6. The zero-order valence-corrected chi connectivity index (χ0v) is 18.3. The lowest BCUT2D eigenvalue weighted by Gasteiger charge is -2.61. The summed E-state index contributed by atoms with van der Waals surface area (Å²) in [7, 11) is 0. The molecule has 158 valence electrons. The van der Waals surface area contributed by atoms with Crippen molar-refractivity contribution < 1.29 is 9.90 Å². The highest BCUT2D eigenvalue weighted by atomic mass is 16.3. The third kappa shape index (κ3) is 3.12. The maximum absolute atomic E-state index is 12.6. The lowest BCUT2D eigenvalue weighted by Crippen LogP contribution is -2.56. The van der Waals surface area contributed by atoms with Crippen molar-refractivity contribution in [2.24, 2.45) is 34.5 Å². The number of rotatable bonds is 3. The van der Waals surface area contributed by atoms with Crippen molar-refractivity contribution in [3.63, 3.8) is 0 Å². The molecule has 2 nitrogen and oxygen atoms in total. The molecular weight excluding hydrogens is 356 g/mol. The molecule has 2 heteroatoms. The summed E-state index contributed by atoms with van der Waals surface area (Å²) in [5, 5.41) is 11.5. The van der Waals surface area contributed by atoms with E-state index >= 15 is 0 Å². The molecule has 0 bridgehead atoms. The number of fused-ring (bicyclic) bond motifs is 5. The predicted molar refractivity (Wildman–Crippen MR) is 116 cm³/mol. The van der Waals surface area contributed by atoms with E-state index in [9.17, 15) is 9.90 Å². The molecule has 7 atom stereocenters. The molecule has 29 heavy (non-hydrogen) atoms. The molecule has 1 aromatic carbocycles. The number of carbonyl (C=O) groups is 1. The van der Waals surface area contributed by atoms with Crippen LogP contribution in [0.15, 0.2) is 30.3 Å². The van der Waals surface area contributed by atoms with Crippen molar-refractivity contribution in [3.8, 4) is 0 Å². The predicted octanol–water partition coefficient (Wildman–Crippen LogP) is 5.96. The minimum absolute atomic E-state index is 0.0184. The first-order chi connectivity index (χ1) is 13.8. The Balaban J connectivity index is 1.30. The third-order valence-corrected chi connectivity index (χ3v) is 10.3. The van der Waals surface area contributed by atoms with Crippen molar-refractivity contribution >= 4 is 5.78 Å². The molecular formula is C27H38O2. The topological polar surface area (TPSA) is 37.3 Å². The molecule has 0 aliphatic heterocycles. The first-order valence-electron chi connectivity index (χ1n) is 12.1. The van der Waals surface area contributed by atoms with Crippen LogP contribution < -0.4 is 0 Å². The van der Waals surface area contributed by atoms with Gasteiger partial charge in [0.25, 0.3) is 0 Å². The van der Waals surface area contributed by atoms with Crippen LogP contribution in [0.3, 0.4) is 0 Å². The molecule has 1 aromatic rings. The van der Waals surface area contributed by atoms with Crippen LogP contribution in [0.1, 0.15) is 83.6 Å². The van der Waals surface area contributed by atoms with E-state index < -0.39 is 5.60 Å². The number of aryl methyl sites for hydroxylation is 1. The Morgan fingerprint density at radius 1 is 0.966 bits per heavy atom. The van der Waals surface area contributed by atoms with Crippen LogP contribution in [0.25, 0.3) is 0 Å². The third-order valence-electron chi connectivity index (χ3n) is 10.3. The fraction of sp³-hybridized carbons (Fsp3) is 0.741. The second kappa shape index (κ2) is 6.94. The Bertz CT molecular complexity index is 772. The first kappa shape index (κ1) is 19.8. The van der Waals surface area contributed by atoms with Crippen molar-refractivity contribution in [1.29, 1.82) is 0 Å². The summed E-state index contributed by atoms with van der Waals surface area (Å²) in [5.74, 6) is 3.35. The highest BCUT2D eigenvalue weighted by Gasteiger charge is 2.61. The summed E-state index contributed by atoms with van der Waals surface area (Å²) < 4.78 is 0. The molecule has 4 aliphatic carbocycles. The molecule has 0 aromatic heterocycles. The van der Waals surface area contributed by atoms with Gasteiger partial charge in [-0.2, -0.15) is 0 Å². The summed E-state index contributed by atoms with van der Waals surface area (Å²) in [5.41, 5.74) is 1.21. The van der Waals surface area contributed by atoms with Crippen LogP contribution in [0.5, 0.6) is 0 Å². The number of hydrogen-bond acceptors (Lipinski definition) is 2. The summed E-state index contributed by atoms with van der Waals surface area (Å²) >= 11 is 0. The number of hydrogen-bond donors (Lipinski definition) is 1. The molecule has 0 spiro atoms. The Kier molecular flexibility index (Phi) is 4.74. The number of ketones is 1. The van der Waals surface area contributed by atoms with Crippen LogP contribution in [-0.2, 0) is 11.2 Å². The second-order valence-corrected chi connectivity index (χ2v) is 11.5. The zero-order valence-electron chi connectivity index (χ0n) is 18.3. The van der Waals surface area contributed by atoms with Crippen molar-refractivity contribution in [2.75, 3.05) is 0 Å². The van der Waals surface area contributed by atoms with Gasteiger partial charge in [-0.3, -0.25) is 4.79 Å². The molecule has 0 unspecified atom stereocenters. The fourth-order valence-electron chi connectivity index (χ4n) is 8.34. The quantitative estimate of drug-likeness (QED) is 0.686. The number of benzene rings is 1. The first-order valence-corrected chi connectivity index (χ1v) is 12.1. The molecule has 0 radical (unpaired) electrons. The van der Waals surface area contributed by atoms with E-state index in [1.165, 1.54) is 31.2 Å². The fourth-order valence-corrected chi connectivity index (χ4v) is 8.34. The van der Waals surface area contributed by atoms with Crippen molar-refractivity contribution in [2.45, 2.75) is 90.1 Å². The van der Waals surface area contributed by atoms with Gasteiger partial charge in [-0.25, -0.2) is 0 Å². The molecule has 0 saturated heterocycles. The Hall–Kier alpha value is -1.15. The normalized spacial score (nSPS) is 46.7. The Morgan fingerprint density at radius 3 is 2.55 bits per heavy atom. The van der Waals surface area contributed by atoms with Gasteiger partial charge in [0.2, 0.25) is 0 Å². The minimum atomic E-state index is -0.487. The molecule has 4 saturated carbocycles. The lowest BCUT2D eigenvalue weighted by molar-refractivity contribution is -0.154.